The molecule has 0 amide bonds. The third-order valence-corrected chi connectivity index (χ3v) is 4.26. The van der Waals surface area contributed by atoms with Crippen LogP contribution in [0.3, 0.4) is 0 Å². The van der Waals surface area contributed by atoms with Gasteiger partial charge in [-0.3, -0.25) is 4.90 Å². The number of imidazole rings is 1. The molecule has 2 aromatic heterocycles. The molecule has 1 atom stereocenters. The smallest absolute Gasteiger partial charge is 0.378 e. The van der Waals surface area contributed by atoms with E-state index in [0.717, 1.165) is 13.1 Å². The Morgan fingerprint density at radius 1 is 1.22 bits per heavy atom. The van der Waals surface area contributed by atoms with Crippen LogP contribution in [0.25, 0.3) is 11.2 Å². The van der Waals surface area contributed by atoms with E-state index in [-0.39, 0.29) is 17.5 Å². The molecule has 4 rings (SSSR count). The van der Waals surface area contributed by atoms with E-state index in [1.807, 2.05) is 4.90 Å². The molecule has 0 bridgehead atoms. The number of rotatable bonds is 1. The molecule has 0 radical (unpaired) electrons. The Balaban J connectivity index is 1.71. The van der Waals surface area contributed by atoms with Crippen LogP contribution >= 0.6 is 0 Å². The number of aromatic nitrogens is 4. The van der Waals surface area contributed by atoms with Gasteiger partial charge in [-0.25, -0.2) is 15.0 Å². The molecule has 2 aliphatic heterocycles. The van der Waals surface area contributed by atoms with Crippen molar-refractivity contribution in [1.82, 2.24) is 24.8 Å². The zero-order valence-corrected chi connectivity index (χ0v) is 12.2. The van der Waals surface area contributed by atoms with Crippen LogP contribution in [0.2, 0.25) is 0 Å². The summed E-state index contributed by atoms with van der Waals surface area (Å²) < 4.78 is 44.6. The number of hydrogen-bond acceptors (Lipinski definition) is 6. The van der Waals surface area contributed by atoms with Gasteiger partial charge in [-0.2, -0.15) is 13.2 Å². The summed E-state index contributed by atoms with van der Waals surface area (Å²) >= 11 is 0. The molecule has 0 spiro atoms. The standard InChI is InChI=1S/C13H15F3N6O/c14-13(15,16)12-19-10-9(17-7-18-10)11(20-12)22-2-1-21-3-4-23-6-8(21)5-22/h7-8H,1-6H2,(H,17,18,19,20). The second kappa shape index (κ2) is 5.31. The SMILES string of the molecule is FC(F)(F)c1nc(N2CCN3CCOCC3C2)c2[nH]cnc2n1. The van der Waals surface area contributed by atoms with Crippen LogP contribution in [-0.4, -0.2) is 70.3 Å². The summed E-state index contributed by atoms with van der Waals surface area (Å²) in [5.41, 5.74) is 0.466. The zero-order chi connectivity index (χ0) is 16.0. The average molecular weight is 328 g/mol. The van der Waals surface area contributed by atoms with E-state index in [4.69, 9.17) is 4.74 Å². The third kappa shape index (κ3) is 2.61. The Labute approximate surface area is 129 Å². The molecule has 1 N–H and O–H groups in total. The summed E-state index contributed by atoms with van der Waals surface area (Å²) in [5, 5.41) is 0. The molecule has 0 saturated carbocycles. The maximum absolute atomic E-state index is 13.0. The molecule has 2 aliphatic rings. The van der Waals surface area contributed by atoms with E-state index in [2.05, 4.69) is 24.8 Å². The maximum Gasteiger partial charge on any atom is 0.451 e. The largest absolute Gasteiger partial charge is 0.451 e. The third-order valence-electron chi connectivity index (χ3n) is 4.26. The van der Waals surface area contributed by atoms with Gasteiger partial charge in [-0.1, -0.05) is 0 Å². The Hall–Kier alpha value is -1.94. The van der Waals surface area contributed by atoms with E-state index in [1.54, 1.807) is 0 Å². The van der Waals surface area contributed by atoms with Gasteiger partial charge in [0.2, 0.25) is 5.82 Å². The molecule has 4 heterocycles. The van der Waals surface area contributed by atoms with Crippen LogP contribution in [0.1, 0.15) is 5.82 Å². The average Bonchev–Trinajstić information content (AvgIpc) is 3.01. The first-order valence-electron chi connectivity index (χ1n) is 7.37. The van der Waals surface area contributed by atoms with Crippen LogP contribution in [0.15, 0.2) is 6.33 Å². The molecule has 10 heteroatoms. The summed E-state index contributed by atoms with van der Waals surface area (Å²) in [4.78, 5) is 18.1. The van der Waals surface area contributed by atoms with Crippen molar-refractivity contribution >= 4 is 17.0 Å². The number of halogens is 3. The first-order valence-corrected chi connectivity index (χ1v) is 7.37. The Kier molecular flexibility index (Phi) is 3.38. The Morgan fingerprint density at radius 2 is 2.09 bits per heavy atom. The summed E-state index contributed by atoms with van der Waals surface area (Å²) in [6, 6.07) is 0.166. The number of aromatic amines is 1. The molecule has 0 aromatic carbocycles. The summed E-state index contributed by atoms with van der Waals surface area (Å²) in [5.74, 6) is -0.903. The number of alkyl halides is 3. The van der Waals surface area contributed by atoms with Crippen molar-refractivity contribution in [2.45, 2.75) is 12.2 Å². The summed E-state index contributed by atoms with van der Waals surface area (Å²) in [6.45, 7) is 4.10. The van der Waals surface area contributed by atoms with Gasteiger partial charge in [0.1, 0.15) is 5.52 Å². The van der Waals surface area contributed by atoms with Crippen molar-refractivity contribution < 1.29 is 17.9 Å². The van der Waals surface area contributed by atoms with Crippen molar-refractivity contribution in [2.75, 3.05) is 44.3 Å². The van der Waals surface area contributed by atoms with Crippen LogP contribution in [0, 0.1) is 0 Å². The first kappa shape index (κ1) is 14.6. The maximum atomic E-state index is 13.0. The lowest BCUT2D eigenvalue weighted by Crippen LogP contribution is -2.58. The molecule has 2 fully saturated rings. The van der Waals surface area contributed by atoms with Gasteiger partial charge in [0.05, 0.1) is 25.6 Å². The lowest BCUT2D eigenvalue weighted by atomic mass is 10.1. The van der Waals surface area contributed by atoms with Crippen molar-refractivity contribution in [3.05, 3.63) is 12.2 Å². The lowest BCUT2D eigenvalue weighted by molar-refractivity contribution is -0.144. The molecule has 2 saturated heterocycles. The number of hydrogen-bond donors (Lipinski definition) is 1. The predicted octanol–water partition coefficient (Wildman–Crippen LogP) is 0.893. The highest BCUT2D eigenvalue weighted by molar-refractivity contribution is 5.83. The van der Waals surface area contributed by atoms with Gasteiger partial charge in [0.25, 0.3) is 0 Å². The number of ether oxygens (including phenoxy) is 1. The van der Waals surface area contributed by atoms with Gasteiger partial charge >= 0.3 is 6.18 Å². The second-order valence-electron chi connectivity index (χ2n) is 5.68. The lowest BCUT2D eigenvalue weighted by Gasteiger charge is -2.44. The van der Waals surface area contributed by atoms with Crippen LogP contribution in [0.5, 0.6) is 0 Å². The number of piperazine rings is 1. The number of fused-ring (bicyclic) bond motifs is 2. The highest BCUT2D eigenvalue weighted by Gasteiger charge is 2.37. The number of nitrogens with zero attached hydrogens (tertiary/aromatic N) is 5. The van der Waals surface area contributed by atoms with Gasteiger partial charge in [0.15, 0.2) is 11.5 Å². The van der Waals surface area contributed by atoms with Crippen molar-refractivity contribution in [2.24, 2.45) is 0 Å². The molecule has 1 unspecified atom stereocenters. The minimum absolute atomic E-state index is 0.0321. The van der Waals surface area contributed by atoms with Gasteiger partial charge in [-0.15, -0.1) is 0 Å². The highest BCUT2D eigenvalue weighted by atomic mass is 19.4. The minimum Gasteiger partial charge on any atom is -0.378 e. The Bertz CT molecular complexity index is 717. The first-order chi connectivity index (χ1) is 11.0. The molecule has 124 valence electrons. The van der Waals surface area contributed by atoms with E-state index >= 15 is 0 Å². The quantitative estimate of drug-likeness (QED) is 0.838. The Morgan fingerprint density at radius 3 is 2.91 bits per heavy atom. The fourth-order valence-corrected chi connectivity index (χ4v) is 3.11. The number of anilines is 1. The van der Waals surface area contributed by atoms with Crippen LogP contribution < -0.4 is 4.90 Å². The fourth-order valence-electron chi connectivity index (χ4n) is 3.11. The van der Waals surface area contributed by atoms with Gasteiger partial charge in [-0.05, 0) is 0 Å². The molecular weight excluding hydrogens is 313 g/mol. The van der Waals surface area contributed by atoms with Crippen molar-refractivity contribution in [3.63, 3.8) is 0 Å². The molecule has 0 aliphatic carbocycles. The monoisotopic (exact) mass is 328 g/mol. The number of nitrogens with one attached hydrogen (secondary N) is 1. The molecule has 7 nitrogen and oxygen atoms in total. The second-order valence-corrected chi connectivity index (χ2v) is 5.68. The van der Waals surface area contributed by atoms with Gasteiger partial charge in [0, 0.05) is 26.2 Å². The van der Waals surface area contributed by atoms with Crippen molar-refractivity contribution in [3.8, 4) is 0 Å². The molecule has 23 heavy (non-hydrogen) atoms. The summed E-state index contributed by atoms with van der Waals surface area (Å²) in [6.07, 6.45) is -3.26. The van der Waals surface area contributed by atoms with Crippen molar-refractivity contribution in [1.29, 1.82) is 0 Å². The van der Waals surface area contributed by atoms with E-state index in [0.29, 0.717) is 31.8 Å². The fraction of sp³-hybridized carbons (Fsp3) is 0.615. The van der Waals surface area contributed by atoms with E-state index in [1.165, 1.54) is 6.33 Å². The van der Waals surface area contributed by atoms with Crippen LogP contribution in [0.4, 0.5) is 19.0 Å². The number of morpholine rings is 1. The van der Waals surface area contributed by atoms with E-state index < -0.39 is 12.0 Å². The van der Waals surface area contributed by atoms with E-state index in [9.17, 15) is 13.2 Å². The topological polar surface area (TPSA) is 70.2 Å². The summed E-state index contributed by atoms with van der Waals surface area (Å²) in [7, 11) is 0. The molecule has 2 aromatic rings. The van der Waals surface area contributed by atoms with Crippen LogP contribution in [-0.2, 0) is 10.9 Å². The van der Waals surface area contributed by atoms with Gasteiger partial charge < -0.3 is 14.6 Å². The zero-order valence-electron chi connectivity index (χ0n) is 12.2. The molecular formula is C13H15F3N6O. The minimum atomic E-state index is -4.60. The normalized spacial score (nSPS) is 23.3. The number of H-pyrrole nitrogens is 1. The predicted molar refractivity (Wildman–Crippen MR) is 75.1 cm³/mol. The highest BCUT2D eigenvalue weighted by Crippen LogP contribution is 2.31.